The van der Waals surface area contributed by atoms with Gasteiger partial charge in [-0.2, -0.15) is 0 Å². The Morgan fingerprint density at radius 2 is 1.91 bits per heavy atom. The fourth-order valence-corrected chi connectivity index (χ4v) is 4.16. The van der Waals surface area contributed by atoms with E-state index in [0.717, 1.165) is 47.7 Å². The number of H-pyrrole nitrogens is 1. The fraction of sp³-hybridized carbons (Fsp3) is 0.364. The first-order valence-electron chi connectivity index (χ1n) is 10.5. The first-order valence-corrected chi connectivity index (χ1v) is 10.5. The third kappa shape index (κ3) is 4.05. The van der Waals surface area contributed by atoms with E-state index >= 15 is 0 Å². The van der Waals surface area contributed by atoms with E-state index in [1.54, 1.807) is 19.2 Å². The lowest BCUT2D eigenvalue weighted by Crippen LogP contribution is -2.46. The van der Waals surface area contributed by atoms with Gasteiger partial charge in [0.2, 0.25) is 0 Å². The summed E-state index contributed by atoms with van der Waals surface area (Å²) < 4.78 is 1.02. The van der Waals surface area contributed by atoms with Crippen molar-refractivity contribution in [3.8, 4) is 0 Å². The predicted octanol–water partition coefficient (Wildman–Crippen LogP) is -0.594. The summed E-state index contributed by atoms with van der Waals surface area (Å²) >= 11 is 0. The summed E-state index contributed by atoms with van der Waals surface area (Å²) in [6, 6.07) is 7.33. The van der Waals surface area contributed by atoms with Gasteiger partial charge in [-0.25, -0.2) is 9.78 Å². The van der Waals surface area contributed by atoms with E-state index in [9.17, 15) is 14.4 Å². The monoisotopic (exact) mass is 432 g/mol. The molecule has 9 nitrogen and oxygen atoms in total. The number of aryl methyl sites for hydroxylation is 1. The predicted molar refractivity (Wildman–Crippen MR) is 125 cm³/mol. The van der Waals surface area contributed by atoms with E-state index in [-0.39, 0.29) is 5.91 Å². The first-order chi connectivity index (χ1) is 15.3. The van der Waals surface area contributed by atoms with Gasteiger partial charge < -0.3 is 15.2 Å². The molecule has 1 aliphatic rings. The van der Waals surface area contributed by atoms with Crippen LogP contribution in [0.2, 0.25) is 0 Å². The largest absolute Gasteiger partial charge is 0.368 e. The summed E-state index contributed by atoms with van der Waals surface area (Å²) in [6.45, 7) is 5.89. The van der Waals surface area contributed by atoms with Gasteiger partial charge in [0.1, 0.15) is 13.5 Å². The SMILES string of the molecule is [B]c1cc(CN2CCN(c3ccc(C(=O)NC)nc3C)CC2)cc2[nH]c(=O)n(C)c(=O)c12. The summed E-state index contributed by atoms with van der Waals surface area (Å²) in [5.41, 5.74) is 3.18. The molecule has 2 aromatic heterocycles. The lowest BCUT2D eigenvalue weighted by molar-refractivity contribution is 0.0958. The van der Waals surface area contributed by atoms with E-state index in [1.165, 1.54) is 7.05 Å². The number of carbonyl (C=O) groups is 1. The third-order valence-electron chi connectivity index (χ3n) is 5.93. The number of nitrogens with one attached hydrogen (secondary N) is 2. The average Bonchev–Trinajstić information content (AvgIpc) is 2.77. The number of aromatic amines is 1. The van der Waals surface area contributed by atoms with E-state index in [2.05, 4.69) is 25.1 Å². The highest BCUT2D eigenvalue weighted by atomic mass is 16.2. The Morgan fingerprint density at radius 3 is 2.56 bits per heavy atom. The molecule has 0 spiro atoms. The van der Waals surface area contributed by atoms with Crippen LogP contribution in [-0.2, 0) is 13.6 Å². The van der Waals surface area contributed by atoms with Gasteiger partial charge in [-0.05, 0) is 30.7 Å². The normalized spacial score (nSPS) is 14.7. The van der Waals surface area contributed by atoms with Gasteiger partial charge in [-0.3, -0.25) is 19.1 Å². The number of rotatable bonds is 4. The molecular formula is C22H25BN6O3. The van der Waals surface area contributed by atoms with E-state index < -0.39 is 11.2 Å². The number of nitrogens with zero attached hydrogens (tertiary/aromatic N) is 4. The molecule has 0 unspecified atom stereocenters. The van der Waals surface area contributed by atoms with E-state index in [4.69, 9.17) is 7.85 Å². The van der Waals surface area contributed by atoms with Crippen LogP contribution in [0, 0.1) is 6.92 Å². The number of benzene rings is 1. The lowest BCUT2D eigenvalue weighted by Gasteiger charge is -2.36. The molecule has 1 amide bonds. The number of amides is 1. The summed E-state index contributed by atoms with van der Waals surface area (Å²) in [4.78, 5) is 47.8. The van der Waals surface area contributed by atoms with Gasteiger partial charge >= 0.3 is 5.69 Å². The Labute approximate surface area is 186 Å². The van der Waals surface area contributed by atoms with Gasteiger partial charge in [0, 0.05) is 46.8 Å². The standard InChI is InChI=1S/C22H25BN6O3/c1-13-18(5-4-16(25-13)20(30)24-2)29-8-6-28(7-9-29)12-14-10-15(23)19-17(11-14)26-22(32)27(3)21(19)31/h4-5,10-11H,6-9,12H2,1-3H3,(H,24,30)(H,26,32). The minimum atomic E-state index is -0.459. The highest BCUT2D eigenvalue weighted by Crippen LogP contribution is 2.21. The Bertz CT molecular complexity index is 1310. The van der Waals surface area contributed by atoms with Crippen LogP contribution in [0.4, 0.5) is 5.69 Å². The zero-order valence-electron chi connectivity index (χ0n) is 18.4. The minimum Gasteiger partial charge on any atom is -0.368 e. The Kier molecular flexibility index (Phi) is 5.88. The fourth-order valence-electron chi connectivity index (χ4n) is 4.16. The number of piperazine rings is 1. The Balaban J connectivity index is 1.47. The van der Waals surface area contributed by atoms with Crippen molar-refractivity contribution in [1.29, 1.82) is 0 Å². The molecule has 32 heavy (non-hydrogen) atoms. The number of anilines is 1. The maximum Gasteiger partial charge on any atom is 0.328 e. The van der Waals surface area contributed by atoms with Crippen molar-refractivity contribution in [2.75, 3.05) is 38.1 Å². The number of hydrogen-bond donors (Lipinski definition) is 2. The molecule has 0 saturated carbocycles. The van der Waals surface area contributed by atoms with Crippen LogP contribution in [0.1, 0.15) is 21.7 Å². The van der Waals surface area contributed by atoms with Crippen molar-refractivity contribution in [3.05, 3.63) is 62.1 Å². The van der Waals surface area contributed by atoms with Gasteiger partial charge in [-0.1, -0.05) is 11.5 Å². The van der Waals surface area contributed by atoms with Crippen LogP contribution < -0.4 is 26.9 Å². The Hall–Kier alpha value is -3.40. The summed E-state index contributed by atoms with van der Waals surface area (Å²) in [5, 5.41) is 2.93. The van der Waals surface area contributed by atoms with Gasteiger partial charge in [0.15, 0.2) is 0 Å². The van der Waals surface area contributed by atoms with Crippen molar-refractivity contribution in [2.45, 2.75) is 13.5 Å². The summed E-state index contributed by atoms with van der Waals surface area (Å²) in [6.07, 6.45) is 0. The van der Waals surface area contributed by atoms with Crippen LogP contribution >= 0.6 is 0 Å². The average molecular weight is 432 g/mol. The van der Waals surface area contributed by atoms with Crippen molar-refractivity contribution < 1.29 is 4.79 Å². The lowest BCUT2D eigenvalue weighted by atomic mass is 9.90. The second-order valence-electron chi connectivity index (χ2n) is 8.05. The summed E-state index contributed by atoms with van der Waals surface area (Å²) in [7, 11) is 9.16. The van der Waals surface area contributed by atoms with Gasteiger partial charge in [-0.15, -0.1) is 0 Å². The Morgan fingerprint density at radius 1 is 1.19 bits per heavy atom. The molecule has 164 valence electrons. The van der Waals surface area contributed by atoms with Gasteiger partial charge in [0.25, 0.3) is 11.5 Å². The van der Waals surface area contributed by atoms with Crippen LogP contribution in [0.25, 0.3) is 10.9 Å². The van der Waals surface area contributed by atoms with Crippen LogP contribution in [0.3, 0.4) is 0 Å². The highest BCUT2D eigenvalue weighted by molar-refractivity contribution is 6.38. The first kappa shape index (κ1) is 21.8. The molecule has 2 N–H and O–H groups in total. The summed E-state index contributed by atoms with van der Waals surface area (Å²) in [5.74, 6) is -0.196. The number of aromatic nitrogens is 3. The molecule has 1 aliphatic heterocycles. The molecule has 2 radical (unpaired) electrons. The molecule has 3 aromatic rings. The molecule has 3 heterocycles. The maximum absolute atomic E-state index is 12.4. The van der Waals surface area contributed by atoms with Crippen molar-refractivity contribution in [1.82, 2.24) is 24.8 Å². The van der Waals surface area contributed by atoms with E-state index in [1.807, 2.05) is 19.1 Å². The van der Waals surface area contributed by atoms with E-state index in [0.29, 0.717) is 28.6 Å². The number of fused-ring (bicyclic) bond motifs is 1. The van der Waals surface area contributed by atoms with Crippen LogP contribution in [0.5, 0.6) is 0 Å². The second-order valence-corrected chi connectivity index (χ2v) is 8.05. The number of carbonyl (C=O) groups excluding carboxylic acids is 1. The quantitative estimate of drug-likeness (QED) is 0.535. The zero-order chi connectivity index (χ0) is 23.0. The topological polar surface area (TPSA) is 103 Å². The van der Waals surface area contributed by atoms with Crippen molar-refractivity contribution >= 4 is 35.8 Å². The molecule has 1 fully saturated rings. The molecule has 1 saturated heterocycles. The third-order valence-corrected chi connectivity index (χ3v) is 5.93. The zero-order valence-corrected chi connectivity index (χ0v) is 18.4. The molecule has 4 rings (SSSR count). The second kappa shape index (κ2) is 8.62. The van der Waals surface area contributed by atoms with Crippen LogP contribution in [-0.4, -0.2) is 66.4 Å². The van der Waals surface area contributed by atoms with Gasteiger partial charge in [0.05, 0.1) is 22.3 Å². The molecular weight excluding hydrogens is 407 g/mol. The number of pyridine rings is 1. The smallest absolute Gasteiger partial charge is 0.328 e. The van der Waals surface area contributed by atoms with Crippen LogP contribution in [0.15, 0.2) is 33.9 Å². The molecule has 0 bridgehead atoms. The molecule has 0 atom stereocenters. The molecule has 1 aromatic carbocycles. The number of hydrogen-bond acceptors (Lipinski definition) is 6. The van der Waals surface area contributed by atoms with Crippen molar-refractivity contribution in [3.63, 3.8) is 0 Å². The molecule has 0 aliphatic carbocycles. The minimum absolute atomic E-state index is 0.196. The van der Waals surface area contributed by atoms with Crippen molar-refractivity contribution in [2.24, 2.45) is 7.05 Å². The molecule has 10 heteroatoms. The maximum atomic E-state index is 12.4. The highest BCUT2D eigenvalue weighted by Gasteiger charge is 2.20.